The first-order valence-electron chi connectivity index (χ1n) is 4.81. The first-order chi connectivity index (χ1) is 8.49. The molecule has 0 unspecified atom stereocenters. The van der Waals surface area contributed by atoms with E-state index in [2.05, 4.69) is 5.10 Å². The maximum absolute atomic E-state index is 13.0. The van der Waals surface area contributed by atoms with Crippen molar-refractivity contribution in [3.05, 3.63) is 47.5 Å². The van der Waals surface area contributed by atoms with E-state index in [9.17, 15) is 14.0 Å². The van der Waals surface area contributed by atoms with Gasteiger partial charge in [0.1, 0.15) is 11.4 Å². The third-order valence-corrected chi connectivity index (χ3v) is 2.22. The molecular formula is C11H7FN2O4. The predicted molar refractivity (Wildman–Crippen MR) is 57.4 cm³/mol. The summed E-state index contributed by atoms with van der Waals surface area (Å²) >= 11 is 0. The van der Waals surface area contributed by atoms with Gasteiger partial charge in [0.25, 0.3) is 0 Å². The lowest BCUT2D eigenvalue weighted by Gasteiger charge is -1.99. The van der Waals surface area contributed by atoms with Gasteiger partial charge < -0.3 is 10.2 Å². The van der Waals surface area contributed by atoms with Crippen LogP contribution in [0.15, 0.2) is 30.5 Å². The van der Waals surface area contributed by atoms with E-state index in [0.29, 0.717) is 0 Å². The van der Waals surface area contributed by atoms with Crippen molar-refractivity contribution < 1.29 is 24.2 Å². The molecule has 18 heavy (non-hydrogen) atoms. The summed E-state index contributed by atoms with van der Waals surface area (Å²) in [6.07, 6.45) is 1.03. The number of hydrogen-bond acceptors (Lipinski definition) is 3. The van der Waals surface area contributed by atoms with Crippen LogP contribution < -0.4 is 0 Å². The fourth-order valence-electron chi connectivity index (χ4n) is 1.44. The Balaban J connectivity index is 2.57. The minimum absolute atomic E-state index is 0.241. The molecule has 0 saturated carbocycles. The van der Waals surface area contributed by atoms with Gasteiger partial charge in [-0.05, 0) is 18.2 Å². The number of hydrogen-bond donors (Lipinski definition) is 2. The lowest BCUT2D eigenvalue weighted by Crippen LogP contribution is -2.06. The largest absolute Gasteiger partial charge is 0.478 e. The molecule has 1 heterocycles. The van der Waals surface area contributed by atoms with Gasteiger partial charge in [0.05, 0.1) is 5.69 Å². The van der Waals surface area contributed by atoms with Crippen molar-refractivity contribution in [3.63, 3.8) is 0 Å². The Kier molecular flexibility index (Phi) is 2.80. The zero-order valence-corrected chi connectivity index (χ0v) is 8.87. The monoisotopic (exact) mass is 250 g/mol. The Morgan fingerprint density at radius 3 is 2.44 bits per heavy atom. The molecule has 0 radical (unpaired) electrons. The van der Waals surface area contributed by atoms with E-state index in [-0.39, 0.29) is 5.69 Å². The Morgan fingerprint density at radius 1 is 1.22 bits per heavy atom. The molecule has 2 rings (SSSR count). The van der Waals surface area contributed by atoms with Crippen LogP contribution in [-0.2, 0) is 0 Å². The van der Waals surface area contributed by atoms with Crippen LogP contribution in [0.3, 0.4) is 0 Å². The van der Waals surface area contributed by atoms with Crippen LogP contribution in [0.1, 0.15) is 20.8 Å². The van der Waals surface area contributed by atoms with Crippen LogP contribution >= 0.6 is 0 Å². The maximum atomic E-state index is 13.0. The van der Waals surface area contributed by atoms with Crippen LogP contribution in [0.2, 0.25) is 0 Å². The lowest BCUT2D eigenvalue weighted by atomic mass is 10.2. The number of benzene rings is 1. The van der Waals surface area contributed by atoms with Gasteiger partial charge in [0.2, 0.25) is 0 Å². The standard InChI is InChI=1S/C11H7FN2O4/c12-6-2-1-3-7(4-6)14-5-8(10(15)16)9(13-14)11(17)18/h1-5H,(H,15,16)(H,17,18). The minimum Gasteiger partial charge on any atom is -0.478 e. The van der Waals surface area contributed by atoms with Crippen molar-refractivity contribution in [2.45, 2.75) is 0 Å². The predicted octanol–water partition coefficient (Wildman–Crippen LogP) is 1.41. The second-order valence-corrected chi connectivity index (χ2v) is 3.43. The summed E-state index contributed by atoms with van der Waals surface area (Å²) in [6, 6.07) is 5.22. The second-order valence-electron chi connectivity index (χ2n) is 3.43. The molecule has 7 heteroatoms. The number of halogens is 1. The van der Waals surface area contributed by atoms with E-state index in [4.69, 9.17) is 10.2 Å². The normalized spacial score (nSPS) is 10.3. The van der Waals surface area contributed by atoms with E-state index in [0.717, 1.165) is 16.9 Å². The number of carboxylic acids is 2. The summed E-state index contributed by atoms with van der Waals surface area (Å²) in [6.45, 7) is 0. The molecule has 0 saturated heterocycles. The zero-order valence-electron chi connectivity index (χ0n) is 8.87. The summed E-state index contributed by atoms with van der Waals surface area (Å²) in [5.41, 5.74) is -0.802. The van der Waals surface area contributed by atoms with E-state index < -0.39 is 29.0 Å². The molecule has 6 nitrogen and oxygen atoms in total. The SMILES string of the molecule is O=C(O)c1cn(-c2cccc(F)c2)nc1C(=O)O. The number of aromatic nitrogens is 2. The number of carboxylic acid groups (broad SMARTS) is 2. The van der Waals surface area contributed by atoms with Gasteiger partial charge in [-0.3, -0.25) is 0 Å². The summed E-state index contributed by atoms with van der Waals surface area (Å²) < 4.78 is 14.0. The van der Waals surface area contributed by atoms with Crippen molar-refractivity contribution >= 4 is 11.9 Å². The highest BCUT2D eigenvalue weighted by Crippen LogP contribution is 2.13. The van der Waals surface area contributed by atoms with E-state index in [1.165, 1.54) is 18.2 Å². The van der Waals surface area contributed by atoms with Gasteiger partial charge in [-0.1, -0.05) is 6.07 Å². The molecule has 0 aliphatic rings. The Labute approximate surface area is 99.9 Å². The van der Waals surface area contributed by atoms with Crippen LogP contribution in [0, 0.1) is 5.82 Å². The highest BCUT2D eigenvalue weighted by molar-refractivity contribution is 6.00. The maximum Gasteiger partial charge on any atom is 0.357 e. The van der Waals surface area contributed by atoms with E-state index in [1.807, 2.05) is 0 Å². The Bertz CT molecular complexity index is 604. The van der Waals surface area contributed by atoms with Crippen molar-refractivity contribution in [3.8, 4) is 5.69 Å². The molecule has 2 N–H and O–H groups in total. The van der Waals surface area contributed by atoms with Gasteiger partial charge in [-0.2, -0.15) is 5.10 Å². The highest BCUT2D eigenvalue weighted by Gasteiger charge is 2.21. The number of nitrogens with zero attached hydrogens (tertiary/aromatic N) is 2. The molecule has 0 atom stereocenters. The van der Waals surface area contributed by atoms with Crippen LogP contribution in [0.5, 0.6) is 0 Å². The molecule has 0 aliphatic heterocycles. The first kappa shape index (κ1) is 11.8. The molecule has 0 spiro atoms. The number of aromatic carboxylic acids is 2. The van der Waals surface area contributed by atoms with Gasteiger partial charge in [0, 0.05) is 6.20 Å². The molecule has 1 aromatic carbocycles. The van der Waals surface area contributed by atoms with E-state index >= 15 is 0 Å². The summed E-state index contributed by atoms with van der Waals surface area (Å²) in [5, 5.41) is 21.3. The topological polar surface area (TPSA) is 92.4 Å². The summed E-state index contributed by atoms with van der Waals surface area (Å²) in [5.74, 6) is -3.39. The molecule has 0 amide bonds. The third kappa shape index (κ3) is 2.05. The Hall–Kier alpha value is -2.70. The summed E-state index contributed by atoms with van der Waals surface area (Å²) in [7, 11) is 0. The second kappa shape index (κ2) is 4.28. The van der Waals surface area contributed by atoms with Crippen LogP contribution in [0.4, 0.5) is 4.39 Å². The molecule has 1 aromatic heterocycles. The van der Waals surface area contributed by atoms with Gasteiger partial charge in [0.15, 0.2) is 5.69 Å². The smallest absolute Gasteiger partial charge is 0.357 e. The Morgan fingerprint density at radius 2 is 1.94 bits per heavy atom. The molecule has 0 bridgehead atoms. The molecule has 2 aromatic rings. The van der Waals surface area contributed by atoms with Gasteiger partial charge in [-0.25, -0.2) is 18.7 Å². The molecule has 0 aliphatic carbocycles. The fraction of sp³-hybridized carbons (Fsp3) is 0. The minimum atomic E-state index is -1.46. The lowest BCUT2D eigenvalue weighted by molar-refractivity contribution is 0.0648. The average molecular weight is 250 g/mol. The van der Waals surface area contributed by atoms with Crippen molar-refractivity contribution in [1.29, 1.82) is 0 Å². The van der Waals surface area contributed by atoms with E-state index in [1.54, 1.807) is 0 Å². The van der Waals surface area contributed by atoms with Gasteiger partial charge in [-0.15, -0.1) is 0 Å². The molecule has 92 valence electrons. The average Bonchev–Trinajstić information content (AvgIpc) is 2.73. The van der Waals surface area contributed by atoms with Crippen LogP contribution in [-0.4, -0.2) is 31.9 Å². The summed E-state index contributed by atoms with van der Waals surface area (Å²) in [4.78, 5) is 21.7. The zero-order chi connectivity index (χ0) is 13.3. The molecular weight excluding hydrogens is 243 g/mol. The quantitative estimate of drug-likeness (QED) is 0.859. The third-order valence-electron chi connectivity index (χ3n) is 2.22. The highest BCUT2D eigenvalue weighted by atomic mass is 19.1. The van der Waals surface area contributed by atoms with Gasteiger partial charge >= 0.3 is 11.9 Å². The fourth-order valence-corrected chi connectivity index (χ4v) is 1.44. The van der Waals surface area contributed by atoms with Crippen molar-refractivity contribution in [1.82, 2.24) is 9.78 Å². The van der Waals surface area contributed by atoms with Crippen molar-refractivity contribution in [2.75, 3.05) is 0 Å². The molecule has 0 fully saturated rings. The number of rotatable bonds is 3. The first-order valence-corrected chi connectivity index (χ1v) is 4.81. The number of carbonyl (C=O) groups is 2. The van der Waals surface area contributed by atoms with Crippen LogP contribution in [0.25, 0.3) is 5.69 Å². The van der Waals surface area contributed by atoms with Crippen molar-refractivity contribution in [2.24, 2.45) is 0 Å².